The van der Waals surface area contributed by atoms with Gasteiger partial charge in [-0.1, -0.05) is 29.8 Å². The summed E-state index contributed by atoms with van der Waals surface area (Å²) in [6.45, 7) is 8.77. The third-order valence-electron chi connectivity index (χ3n) is 3.37. The lowest BCUT2D eigenvalue weighted by Crippen LogP contribution is -2.22. The number of hydrogen-bond acceptors (Lipinski definition) is 2. The zero-order chi connectivity index (χ0) is 13.1. The molecule has 2 aromatic rings. The Bertz CT molecular complexity index is 498. The van der Waals surface area contributed by atoms with Gasteiger partial charge in [0.05, 0.1) is 0 Å². The Labute approximate surface area is 114 Å². The highest BCUT2D eigenvalue weighted by molar-refractivity contribution is 7.10. The van der Waals surface area contributed by atoms with Gasteiger partial charge in [0.25, 0.3) is 0 Å². The second-order valence-electron chi connectivity index (χ2n) is 4.99. The van der Waals surface area contributed by atoms with Gasteiger partial charge in [0.2, 0.25) is 0 Å². The summed E-state index contributed by atoms with van der Waals surface area (Å²) in [6, 6.07) is 11.7. The van der Waals surface area contributed by atoms with E-state index in [1.54, 1.807) is 0 Å². The number of nitrogens with one attached hydrogen (secondary N) is 1. The summed E-state index contributed by atoms with van der Waals surface area (Å²) in [6.07, 6.45) is 0. The molecule has 1 aromatic heterocycles. The van der Waals surface area contributed by atoms with Crippen molar-refractivity contribution in [2.75, 3.05) is 0 Å². The van der Waals surface area contributed by atoms with Crippen LogP contribution in [-0.2, 0) is 0 Å². The van der Waals surface area contributed by atoms with Crippen molar-refractivity contribution in [3.63, 3.8) is 0 Å². The monoisotopic (exact) mass is 259 g/mol. The molecule has 2 rings (SSSR count). The van der Waals surface area contributed by atoms with Crippen LogP contribution in [0.25, 0.3) is 0 Å². The van der Waals surface area contributed by atoms with Crippen molar-refractivity contribution in [2.24, 2.45) is 0 Å². The Balaban J connectivity index is 2.05. The van der Waals surface area contributed by atoms with E-state index in [1.807, 2.05) is 11.3 Å². The predicted molar refractivity (Wildman–Crippen MR) is 80.2 cm³/mol. The van der Waals surface area contributed by atoms with Gasteiger partial charge in [-0.3, -0.25) is 0 Å². The van der Waals surface area contributed by atoms with Crippen molar-refractivity contribution in [1.29, 1.82) is 0 Å². The summed E-state index contributed by atoms with van der Waals surface area (Å²) in [5, 5.41) is 5.84. The lowest BCUT2D eigenvalue weighted by Gasteiger charge is -2.20. The molecule has 0 amide bonds. The van der Waals surface area contributed by atoms with E-state index in [0.717, 1.165) is 0 Å². The van der Waals surface area contributed by atoms with Crippen LogP contribution in [0.2, 0.25) is 0 Å². The van der Waals surface area contributed by atoms with E-state index in [0.29, 0.717) is 12.1 Å². The average Bonchev–Trinajstić information content (AvgIpc) is 2.76. The SMILES string of the molecule is Cc1ccc(C(C)NC(C)c2sccc2C)cc1. The Kier molecular flexibility index (Phi) is 4.20. The lowest BCUT2D eigenvalue weighted by molar-refractivity contribution is 0.499. The molecular weight excluding hydrogens is 238 g/mol. The third-order valence-corrected chi connectivity index (χ3v) is 4.57. The molecule has 0 saturated heterocycles. The summed E-state index contributed by atoms with van der Waals surface area (Å²) in [4.78, 5) is 1.44. The minimum Gasteiger partial charge on any atom is -0.303 e. The number of rotatable bonds is 4. The molecule has 0 fully saturated rings. The molecule has 0 aliphatic carbocycles. The van der Waals surface area contributed by atoms with Gasteiger partial charge in [-0.15, -0.1) is 11.3 Å². The first kappa shape index (κ1) is 13.3. The summed E-state index contributed by atoms with van der Waals surface area (Å²) >= 11 is 1.83. The van der Waals surface area contributed by atoms with E-state index in [4.69, 9.17) is 0 Å². The molecule has 0 aliphatic heterocycles. The smallest absolute Gasteiger partial charge is 0.0393 e. The van der Waals surface area contributed by atoms with Crippen LogP contribution in [0.1, 0.15) is 47.5 Å². The minimum absolute atomic E-state index is 0.377. The normalized spacial score (nSPS) is 14.4. The van der Waals surface area contributed by atoms with E-state index in [2.05, 4.69) is 68.7 Å². The average molecular weight is 259 g/mol. The largest absolute Gasteiger partial charge is 0.303 e. The van der Waals surface area contributed by atoms with Crippen molar-refractivity contribution in [3.05, 3.63) is 57.3 Å². The number of benzene rings is 1. The molecule has 0 spiro atoms. The second-order valence-corrected chi connectivity index (χ2v) is 5.94. The number of hydrogen-bond donors (Lipinski definition) is 1. The molecule has 2 atom stereocenters. The van der Waals surface area contributed by atoms with E-state index >= 15 is 0 Å². The van der Waals surface area contributed by atoms with E-state index in [-0.39, 0.29) is 0 Å². The van der Waals surface area contributed by atoms with Gasteiger partial charge in [-0.05, 0) is 50.3 Å². The number of aryl methyl sites for hydroxylation is 2. The molecule has 0 saturated carbocycles. The van der Waals surface area contributed by atoms with Crippen LogP contribution >= 0.6 is 11.3 Å². The second kappa shape index (κ2) is 5.68. The van der Waals surface area contributed by atoms with Gasteiger partial charge >= 0.3 is 0 Å². The van der Waals surface area contributed by atoms with Crippen molar-refractivity contribution >= 4 is 11.3 Å². The van der Waals surface area contributed by atoms with Gasteiger partial charge in [0.15, 0.2) is 0 Å². The van der Waals surface area contributed by atoms with Crippen LogP contribution in [0.4, 0.5) is 0 Å². The topological polar surface area (TPSA) is 12.0 Å². The fourth-order valence-electron chi connectivity index (χ4n) is 2.23. The molecule has 1 heterocycles. The Morgan fingerprint density at radius 2 is 1.61 bits per heavy atom. The number of thiophene rings is 1. The van der Waals surface area contributed by atoms with E-state index in [9.17, 15) is 0 Å². The fourth-order valence-corrected chi connectivity index (χ4v) is 3.17. The first-order chi connectivity index (χ1) is 8.58. The van der Waals surface area contributed by atoms with Crippen LogP contribution in [0, 0.1) is 13.8 Å². The Hall–Kier alpha value is -1.12. The van der Waals surface area contributed by atoms with Gasteiger partial charge in [-0.25, -0.2) is 0 Å². The highest BCUT2D eigenvalue weighted by Gasteiger charge is 2.13. The minimum atomic E-state index is 0.377. The predicted octanol–water partition coefficient (Wildman–Crippen LogP) is 4.78. The summed E-state index contributed by atoms with van der Waals surface area (Å²) in [7, 11) is 0. The van der Waals surface area contributed by atoms with Crippen molar-refractivity contribution < 1.29 is 0 Å². The Morgan fingerprint density at radius 3 is 2.17 bits per heavy atom. The molecule has 0 aliphatic rings. The maximum absolute atomic E-state index is 3.67. The van der Waals surface area contributed by atoms with Crippen molar-refractivity contribution in [2.45, 2.75) is 39.8 Å². The first-order valence-corrected chi connectivity index (χ1v) is 7.32. The molecule has 0 radical (unpaired) electrons. The molecule has 18 heavy (non-hydrogen) atoms. The van der Waals surface area contributed by atoms with Gasteiger partial charge in [0.1, 0.15) is 0 Å². The van der Waals surface area contributed by atoms with Crippen LogP contribution in [0.15, 0.2) is 35.7 Å². The molecule has 1 aromatic carbocycles. The molecule has 1 nitrogen and oxygen atoms in total. The maximum atomic E-state index is 3.67. The highest BCUT2D eigenvalue weighted by Crippen LogP contribution is 2.26. The highest BCUT2D eigenvalue weighted by atomic mass is 32.1. The van der Waals surface area contributed by atoms with Crippen molar-refractivity contribution in [1.82, 2.24) is 5.32 Å². The summed E-state index contributed by atoms with van der Waals surface area (Å²) in [5.41, 5.74) is 4.05. The summed E-state index contributed by atoms with van der Waals surface area (Å²) in [5.74, 6) is 0. The van der Waals surface area contributed by atoms with E-state index < -0.39 is 0 Å². The van der Waals surface area contributed by atoms with Crippen molar-refractivity contribution in [3.8, 4) is 0 Å². The van der Waals surface area contributed by atoms with Gasteiger partial charge < -0.3 is 5.32 Å². The molecule has 96 valence electrons. The molecule has 0 bridgehead atoms. The molecular formula is C16H21NS. The Morgan fingerprint density at radius 1 is 0.944 bits per heavy atom. The zero-order valence-electron chi connectivity index (χ0n) is 11.5. The quantitative estimate of drug-likeness (QED) is 0.833. The summed E-state index contributed by atoms with van der Waals surface area (Å²) < 4.78 is 0. The van der Waals surface area contributed by atoms with Gasteiger partial charge in [-0.2, -0.15) is 0 Å². The molecule has 2 unspecified atom stereocenters. The molecule has 2 heteroatoms. The lowest BCUT2D eigenvalue weighted by atomic mass is 10.1. The van der Waals surface area contributed by atoms with Crippen LogP contribution in [0.3, 0.4) is 0 Å². The fraction of sp³-hybridized carbons (Fsp3) is 0.375. The van der Waals surface area contributed by atoms with E-state index in [1.165, 1.54) is 21.6 Å². The van der Waals surface area contributed by atoms with Crippen LogP contribution < -0.4 is 5.32 Å². The molecule has 1 N–H and O–H groups in total. The maximum Gasteiger partial charge on any atom is 0.0393 e. The standard InChI is InChI=1S/C16H21NS/c1-11-5-7-15(8-6-11)13(3)17-14(4)16-12(2)9-10-18-16/h5-10,13-14,17H,1-4H3. The van der Waals surface area contributed by atoms with Gasteiger partial charge in [0, 0.05) is 17.0 Å². The zero-order valence-corrected chi connectivity index (χ0v) is 12.3. The van der Waals surface area contributed by atoms with Crippen LogP contribution in [0.5, 0.6) is 0 Å². The first-order valence-electron chi connectivity index (χ1n) is 6.44. The van der Waals surface area contributed by atoms with Crippen LogP contribution in [-0.4, -0.2) is 0 Å². The third kappa shape index (κ3) is 3.01.